The molecule has 1 unspecified atom stereocenters. The summed E-state index contributed by atoms with van der Waals surface area (Å²) in [5, 5.41) is 0. The van der Waals surface area contributed by atoms with Gasteiger partial charge < -0.3 is 14.2 Å². The summed E-state index contributed by atoms with van der Waals surface area (Å²) in [6, 6.07) is 6.25. The molecule has 1 aromatic rings. The van der Waals surface area contributed by atoms with Crippen LogP contribution in [0.25, 0.3) is 0 Å². The lowest BCUT2D eigenvalue weighted by Gasteiger charge is -2.15. The van der Waals surface area contributed by atoms with E-state index >= 15 is 0 Å². The van der Waals surface area contributed by atoms with Gasteiger partial charge in [-0.3, -0.25) is 0 Å². The molecule has 0 spiro atoms. The first-order valence-electron chi connectivity index (χ1n) is 6.98. The Labute approximate surface area is 133 Å². The van der Waals surface area contributed by atoms with Crippen molar-refractivity contribution in [1.82, 2.24) is 0 Å². The number of ether oxygens (including phenoxy) is 3. The molecule has 0 heterocycles. The molecule has 0 bridgehead atoms. The summed E-state index contributed by atoms with van der Waals surface area (Å²) < 4.78 is 31.5. The number of rotatable bonds is 10. The molecular formula is C14H24O6PSi+. The summed E-state index contributed by atoms with van der Waals surface area (Å²) in [6.07, 6.45) is 0. The van der Waals surface area contributed by atoms with Crippen LogP contribution < -0.4 is 9.47 Å². The standard InChI is InChI=1S/C14H23O6PSi/c1-17-13-7-12(10-20-21(15)16)8-14(9-13)19-11-18-5-6-22(2,3)4/h7-9H,5-6,10-11H2,1-4H3/p+1. The first-order chi connectivity index (χ1) is 10.3. The molecule has 0 amide bonds. The Bertz CT molecular complexity index is 489. The fourth-order valence-electron chi connectivity index (χ4n) is 1.59. The summed E-state index contributed by atoms with van der Waals surface area (Å²) in [4.78, 5) is 8.68. The number of hydrogen-bond acceptors (Lipinski definition) is 5. The van der Waals surface area contributed by atoms with Crippen molar-refractivity contribution in [1.29, 1.82) is 0 Å². The Morgan fingerprint density at radius 2 is 1.86 bits per heavy atom. The van der Waals surface area contributed by atoms with Gasteiger partial charge in [0.1, 0.15) is 18.1 Å². The van der Waals surface area contributed by atoms with Crippen LogP contribution in [0.2, 0.25) is 25.7 Å². The van der Waals surface area contributed by atoms with E-state index in [9.17, 15) is 4.57 Å². The van der Waals surface area contributed by atoms with E-state index in [4.69, 9.17) is 19.1 Å². The predicted octanol–water partition coefficient (Wildman–Crippen LogP) is 3.55. The predicted molar refractivity (Wildman–Crippen MR) is 87.2 cm³/mol. The van der Waals surface area contributed by atoms with E-state index < -0.39 is 16.3 Å². The van der Waals surface area contributed by atoms with Crippen molar-refractivity contribution in [3.05, 3.63) is 23.8 Å². The Morgan fingerprint density at radius 3 is 2.45 bits per heavy atom. The third-order valence-corrected chi connectivity index (χ3v) is 4.88. The first kappa shape index (κ1) is 19.1. The zero-order chi connectivity index (χ0) is 16.6. The van der Waals surface area contributed by atoms with Crippen LogP contribution in [0.5, 0.6) is 11.5 Å². The summed E-state index contributed by atoms with van der Waals surface area (Å²) in [5.74, 6) is 1.16. The molecule has 22 heavy (non-hydrogen) atoms. The van der Waals surface area contributed by atoms with E-state index in [-0.39, 0.29) is 13.4 Å². The molecule has 1 N–H and O–H groups in total. The highest BCUT2D eigenvalue weighted by atomic mass is 31.1. The van der Waals surface area contributed by atoms with Gasteiger partial charge in [-0.05, 0) is 23.7 Å². The SMILES string of the molecule is COc1cc(CO[P+](=O)O)cc(OCOCC[Si](C)(C)C)c1. The molecule has 0 radical (unpaired) electrons. The minimum Gasteiger partial charge on any atom is -0.497 e. The molecule has 8 heteroatoms. The van der Waals surface area contributed by atoms with Crippen LogP contribution in [0.1, 0.15) is 5.56 Å². The van der Waals surface area contributed by atoms with E-state index in [0.29, 0.717) is 23.7 Å². The number of methoxy groups -OCH3 is 1. The van der Waals surface area contributed by atoms with Gasteiger partial charge in [-0.25, -0.2) is 0 Å². The molecule has 0 saturated heterocycles. The molecule has 124 valence electrons. The molecule has 0 aliphatic heterocycles. The Morgan fingerprint density at radius 1 is 1.18 bits per heavy atom. The van der Waals surface area contributed by atoms with Gasteiger partial charge in [0, 0.05) is 25.3 Å². The van der Waals surface area contributed by atoms with Gasteiger partial charge in [0.05, 0.1) is 7.11 Å². The van der Waals surface area contributed by atoms with Crippen LogP contribution in [0.3, 0.4) is 0 Å². The molecule has 0 aliphatic rings. The highest BCUT2D eigenvalue weighted by Gasteiger charge is 2.14. The lowest BCUT2D eigenvalue weighted by Crippen LogP contribution is -2.22. The fourth-order valence-corrected chi connectivity index (χ4v) is 2.61. The minimum atomic E-state index is -2.63. The van der Waals surface area contributed by atoms with Crippen LogP contribution in [0.4, 0.5) is 0 Å². The lowest BCUT2D eigenvalue weighted by atomic mass is 10.2. The molecule has 0 saturated carbocycles. The maximum Gasteiger partial charge on any atom is 0.695 e. The normalized spacial score (nSPS) is 12.1. The summed E-state index contributed by atoms with van der Waals surface area (Å²) in [5.41, 5.74) is 0.689. The van der Waals surface area contributed by atoms with E-state index in [1.54, 1.807) is 25.3 Å². The quantitative estimate of drug-likeness (QED) is 0.302. The van der Waals surface area contributed by atoms with Gasteiger partial charge >= 0.3 is 8.25 Å². The number of hydrogen-bond donors (Lipinski definition) is 1. The third-order valence-electron chi connectivity index (χ3n) is 2.82. The molecule has 6 nitrogen and oxygen atoms in total. The Kier molecular flexibility index (Phi) is 7.99. The Hall–Kier alpha value is -0.983. The van der Waals surface area contributed by atoms with Gasteiger partial charge in [0.2, 0.25) is 0 Å². The summed E-state index contributed by atoms with van der Waals surface area (Å²) >= 11 is 0. The molecule has 0 fully saturated rings. The molecule has 1 rings (SSSR count). The first-order valence-corrected chi connectivity index (χ1v) is 11.8. The van der Waals surface area contributed by atoms with E-state index in [1.807, 2.05) is 0 Å². The number of benzene rings is 1. The van der Waals surface area contributed by atoms with Crippen molar-refractivity contribution in [2.24, 2.45) is 0 Å². The van der Waals surface area contributed by atoms with Crippen LogP contribution in [0, 0.1) is 0 Å². The maximum atomic E-state index is 10.6. The monoisotopic (exact) mass is 347 g/mol. The van der Waals surface area contributed by atoms with Crippen molar-refractivity contribution in [2.75, 3.05) is 20.5 Å². The zero-order valence-corrected chi connectivity index (χ0v) is 15.4. The molecule has 0 aliphatic carbocycles. The van der Waals surface area contributed by atoms with Gasteiger partial charge in [-0.15, -0.1) is 9.42 Å². The van der Waals surface area contributed by atoms with Crippen molar-refractivity contribution in [3.63, 3.8) is 0 Å². The van der Waals surface area contributed by atoms with Gasteiger partial charge in [0.25, 0.3) is 0 Å². The second-order valence-corrected chi connectivity index (χ2v) is 12.4. The molecule has 0 aromatic heterocycles. The third kappa shape index (κ3) is 8.46. The summed E-state index contributed by atoms with van der Waals surface area (Å²) in [7, 11) is -2.19. The van der Waals surface area contributed by atoms with Crippen LogP contribution in [0.15, 0.2) is 18.2 Å². The fraction of sp³-hybridized carbons (Fsp3) is 0.571. The van der Waals surface area contributed by atoms with E-state index in [0.717, 1.165) is 6.04 Å². The van der Waals surface area contributed by atoms with E-state index in [2.05, 4.69) is 24.2 Å². The van der Waals surface area contributed by atoms with Crippen molar-refractivity contribution in [2.45, 2.75) is 32.3 Å². The van der Waals surface area contributed by atoms with Crippen molar-refractivity contribution < 1.29 is 28.2 Å². The smallest absolute Gasteiger partial charge is 0.497 e. The highest BCUT2D eigenvalue weighted by molar-refractivity contribution is 7.32. The summed E-state index contributed by atoms with van der Waals surface area (Å²) in [6.45, 7) is 7.72. The van der Waals surface area contributed by atoms with Crippen LogP contribution in [-0.4, -0.2) is 33.5 Å². The average Bonchev–Trinajstić information content (AvgIpc) is 2.43. The van der Waals surface area contributed by atoms with Gasteiger partial charge in [0.15, 0.2) is 6.79 Å². The topological polar surface area (TPSA) is 74.2 Å². The zero-order valence-electron chi connectivity index (χ0n) is 13.5. The minimum absolute atomic E-state index is 0.00967. The van der Waals surface area contributed by atoms with Crippen molar-refractivity contribution >= 4 is 16.3 Å². The van der Waals surface area contributed by atoms with Gasteiger partial charge in [-0.2, -0.15) is 0 Å². The molecule has 1 aromatic carbocycles. The van der Waals surface area contributed by atoms with Crippen LogP contribution >= 0.6 is 8.25 Å². The van der Waals surface area contributed by atoms with Gasteiger partial charge in [-0.1, -0.05) is 19.6 Å². The molecular weight excluding hydrogens is 323 g/mol. The van der Waals surface area contributed by atoms with Crippen LogP contribution in [-0.2, 0) is 20.4 Å². The maximum absolute atomic E-state index is 10.6. The highest BCUT2D eigenvalue weighted by Crippen LogP contribution is 2.26. The van der Waals surface area contributed by atoms with E-state index in [1.165, 1.54) is 0 Å². The molecule has 1 atom stereocenters. The second kappa shape index (κ2) is 9.22. The lowest BCUT2D eigenvalue weighted by molar-refractivity contribution is 0.0218. The van der Waals surface area contributed by atoms with Crippen molar-refractivity contribution in [3.8, 4) is 11.5 Å². The second-order valence-electron chi connectivity index (χ2n) is 6.01. The largest absolute Gasteiger partial charge is 0.695 e. The Balaban J connectivity index is 2.51. The average molecular weight is 347 g/mol.